The number of methoxy groups -OCH3 is 1. The van der Waals surface area contributed by atoms with Crippen LogP contribution in [0.15, 0.2) is 12.1 Å². The molecule has 0 heterocycles. The zero-order chi connectivity index (χ0) is 13.3. The predicted molar refractivity (Wildman–Crippen MR) is 59.5 cm³/mol. The van der Waals surface area contributed by atoms with Crippen LogP contribution in [0.4, 0.5) is 13.2 Å². The van der Waals surface area contributed by atoms with Crippen molar-refractivity contribution in [1.82, 2.24) is 0 Å². The molecule has 0 aromatic heterocycles. The number of ether oxygens (including phenoxy) is 1. The zero-order valence-corrected chi connectivity index (χ0v) is 10.0. The number of aliphatic hydroxyl groups is 1. The van der Waals surface area contributed by atoms with Crippen LogP contribution in [0.1, 0.15) is 31.2 Å². The second kappa shape index (κ2) is 4.90. The molecule has 1 saturated carbocycles. The first-order valence-corrected chi connectivity index (χ1v) is 5.87. The molecule has 100 valence electrons. The molecule has 0 unspecified atom stereocenters. The molecule has 0 atom stereocenters. The smallest absolute Gasteiger partial charge is 0.194 e. The fraction of sp³-hybridized carbons (Fsp3) is 0.538. The molecule has 5 heteroatoms. The lowest BCUT2D eigenvalue weighted by atomic mass is 9.78. The van der Waals surface area contributed by atoms with E-state index in [1.54, 1.807) is 7.11 Å². The molecule has 0 spiro atoms. The Morgan fingerprint density at radius 3 is 2.33 bits per heavy atom. The summed E-state index contributed by atoms with van der Waals surface area (Å²) in [7, 11) is 1.58. The summed E-state index contributed by atoms with van der Waals surface area (Å²) in [5.74, 6) is -4.08. The SMILES string of the molecule is COC1CCC(O)(c2ccc(F)c(F)c2F)CC1. The van der Waals surface area contributed by atoms with Crippen molar-refractivity contribution in [2.45, 2.75) is 37.4 Å². The minimum absolute atomic E-state index is 0.0265. The molecule has 0 saturated heterocycles. The van der Waals surface area contributed by atoms with Crippen molar-refractivity contribution in [1.29, 1.82) is 0 Å². The van der Waals surface area contributed by atoms with E-state index in [4.69, 9.17) is 4.74 Å². The van der Waals surface area contributed by atoms with Gasteiger partial charge in [0.05, 0.1) is 11.7 Å². The Morgan fingerprint density at radius 2 is 1.78 bits per heavy atom. The fourth-order valence-corrected chi connectivity index (χ4v) is 2.46. The molecule has 0 aliphatic heterocycles. The highest BCUT2D eigenvalue weighted by atomic mass is 19.2. The van der Waals surface area contributed by atoms with E-state index in [0.29, 0.717) is 12.8 Å². The van der Waals surface area contributed by atoms with Gasteiger partial charge in [-0.05, 0) is 31.7 Å². The number of hydrogen-bond acceptors (Lipinski definition) is 2. The molecule has 18 heavy (non-hydrogen) atoms. The highest BCUT2D eigenvalue weighted by Gasteiger charge is 2.38. The monoisotopic (exact) mass is 260 g/mol. The maximum Gasteiger partial charge on any atom is 0.194 e. The lowest BCUT2D eigenvalue weighted by molar-refractivity contribution is -0.0497. The van der Waals surface area contributed by atoms with Crippen LogP contribution in [0.3, 0.4) is 0 Å². The fourth-order valence-electron chi connectivity index (χ4n) is 2.46. The Hall–Kier alpha value is -1.07. The quantitative estimate of drug-likeness (QED) is 0.828. The number of benzene rings is 1. The Bertz CT molecular complexity index is 440. The van der Waals surface area contributed by atoms with E-state index in [1.165, 1.54) is 0 Å². The lowest BCUT2D eigenvalue weighted by Gasteiger charge is -2.36. The first kappa shape index (κ1) is 13.4. The van der Waals surface area contributed by atoms with Crippen molar-refractivity contribution in [3.63, 3.8) is 0 Å². The average Bonchev–Trinajstić information content (AvgIpc) is 2.37. The van der Waals surface area contributed by atoms with E-state index in [-0.39, 0.29) is 24.5 Å². The number of hydrogen-bond donors (Lipinski definition) is 1. The predicted octanol–water partition coefficient (Wildman–Crippen LogP) is 2.88. The summed E-state index contributed by atoms with van der Waals surface area (Å²) in [5.41, 5.74) is -1.61. The van der Waals surface area contributed by atoms with Gasteiger partial charge in [0.1, 0.15) is 0 Å². The molecule has 2 rings (SSSR count). The zero-order valence-electron chi connectivity index (χ0n) is 10.0. The Balaban J connectivity index is 2.29. The van der Waals surface area contributed by atoms with Gasteiger partial charge in [0.25, 0.3) is 0 Å². The molecule has 1 aliphatic carbocycles. The van der Waals surface area contributed by atoms with E-state index < -0.39 is 23.1 Å². The molecular weight excluding hydrogens is 245 g/mol. The first-order chi connectivity index (χ1) is 8.48. The van der Waals surface area contributed by atoms with Crippen molar-refractivity contribution in [3.8, 4) is 0 Å². The first-order valence-electron chi connectivity index (χ1n) is 5.87. The molecule has 2 nitrogen and oxygen atoms in total. The second-order valence-corrected chi connectivity index (χ2v) is 4.69. The van der Waals surface area contributed by atoms with Gasteiger partial charge in [0.15, 0.2) is 17.5 Å². The highest BCUT2D eigenvalue weighted by molar-refractivity contribution is 5.27. The molecule has 1 fully saturated rings. The Morgan fingerprint density at radius 1 is 1.17 bits per heavy atom. The minimum atomic E-state index is -1.53. The van der Waals surface area contributed by atoms with Crippen LogP contribution >= 0.6 is 0 Å². The summed E-state index contributed by atoms with van der Waals surface area (Å²) in [5, 5.41) is 10.4. The molecule has 1 aromatic carbocycles. The van der Waals surface area contributed by atoms with E-state index in [0.717, 1.165) is 12.1 Å². The van der Waals surface area contributed by atoms with Crippen LogP contribution in [0.5, 0.6) is 0 Å². The average molecular weight is 260 g/mol. The summed E-state index contributed by atoms with van der Waals surface area (Å²) < 4.78 is 44.8. The maximum atomic E-state index is 13.7. The van der Waals surface area contributed by atoms with Crippen LogP contribution in [0, 0.1) is 17.5 Å². The van der Waals surface area contributed by atoms with Crippen LogP contribution in [0.25, 0.3) is 0 Å². The third-order valence-electron chi connectivity index (χ3n) is 3.63. The van der Waals surface area contributed by atoms with Gasteiger partial charge in [-0.2, -0.15) is 0 Å². The molecule has 1 aliphatic rings. The molecule has 0 amide bonds. The largest absolute Gasteiger partial charge is 0.385 e. The minimum Gasteiger partial charge on any atom is -0.385 e. The van der Waals surface area contributed by atoms with Crippen molar-refractivity contribution >= 4 is 0 Å². The summed E-state index contributed by atoms with van der Waals surface area (Å²) in [6.45, 7) is 0. The third-order valence-corrected chi connectivity index (χ3v) is 3.63. The van der Waals surface area contributed by atoms with Gasteiger partial charge in [-0.25, -0.2) is 13.2 Å². The van der Waals surface area contributed by atoms with Gasteiger partial charge in [-0.3, -0.25) is 0 Å². The molecule has 0 radical (unpaired) electrons. The summed E-state index contributed by atoms with van der Waals surface area (Å²) in [4.78, 5) is 0. The summed E-state index contributed by atoms with van der Waals surface area (Å²) >= 11 is 0. The topological polar surface area (TPSA) is 29.5 Å². The van der Waals surface area contributed by atoms with Crippen molar-refractivity contribution in [2.75, 3.05) is 7.11 Å². The molecule has 1 N–H and O–H groups in total. The van der Waals surface area contributed by atoms with Gasteiger partial charge in [0.2, 0.25) is 0 Å². The van der Waals surface area contributed by atoms with Crippen molar-refractivity contribution in [2.24, 2.45) is 0 Å². The van der Waals surface area contributed by atoms with E-state index in [2.05, 4.69) is 0 Å². The normalized spacial score (nSPS) is 28.4. The Kier molecular flexibility index (Phi) is 3.64. The van der Waals surface area contributed by atoms with Gasteiger partial charge >= 0.3 is 0 Å². The van der Waals surface area contributed by atoms with E-state index in [1.807, 2.05) is 0 Å². The molecule has 0 bridgehead atoms. The maximum absolute atomic E-state index is 13.7. The highest BCUT2D eigenvalue weighted by Crippen LogP contribution is 2.39. The van der Waals surface area contributed by atoms with Gasteiger partial charge < -0.3 is 9.84 Å². The number of halogens is 3. The molecular formula is C13H15F3O2. The van der Waals surface area contributed by atoms with Crippen molar-refractivity contribution < 1.29 is 23.0 Å². The second-order valence-electron chi connectivity index (χ2n) is 4.69. The van der Waals surface area contributed by atoms with Crippen LogP contribution in [-0.2, 0) is 10.3 Å². The van der Waals surface area contributed by atoms with Gasteiger partial charge in [-0.15, -0.1) is 0 Å². The van der Waals surface area contributed by atoms with Gasteiger partial charge in [-0.1, -0.05) is 6.07 Å². The van der Waals surface area contributed by atoms with Crippen LogP contribution in [0.2, 0.25) is 0 Å². The standard InChI is InChI=1S/C13H15F3O2/c1-18-8-4-6-13(17,7-5-8)9-2-3-10(14)12(16)11(9)15/h2-3,8,17H,4-7H2,1H3. The number of rotatable bonds is 2. The van der Waals surface area contributed by atoms with Gasteiger partial charge in [0, 0.05) is 12.7 Å². The molecule has 1 aromatic rings. The van der Waals surface area contributed by atoms with Crippen LogP contribution in [-0.4, -0.2) is 18.3 Å². The summed E-state index contributed by atoms with van der Waals surface area (Å²) in [6.07, 6.45) is 1.69. The van der Waals surface area contributed by atoms with E-state index >= 15 is 0 Å². The third kappa shape index (κ3) is 2.24. The summed E-state index contributed by atoms with van der Waals surface area (Å²) in [6, 6.07) is 1.95. The van der Waals surface area contributed by atoms with Crippen LogP contribution < -0.4 is 0 Å². The lowest BCUT2D eigenvalue weighted by Crippen LogP contribution is -2.35. The Labute approximate surface area is 103 Å². The van der Waals surface area contributed by atoms with Crippen molar-refractivity contribution in [3.05, 3.63) is 35.1 Å². The van der Waals surface area contributed by atoms with E-state index in [9.17, 15) is 18.3 Å².